The van der Waals surface area contributed by atoms with Crippen LogP contribution >= 0.6 is 0 Å². The number of carbonyl (C=O) groups excluding carboxylic acids is 2. The van der Waals surface area contributed by atoms with Crippen LogP contribution in [0.15, 0.2) is 42.5 Å². The topological polar surface area (TPSA) is 88.9 Å². The Bertz CT molecular complexity index is 1080. The van der Waals surface area contributed by atoms with Crippen molar-refractivity contribution in [3.63, 3.8) is 0 Å². The molecule has 2 aromatic rings. The van der Waals surface area contributed by atoms with E-state index >= 15 is 0 Å². The predicted molar refractivity (Wildman–Crippen MR) is 137 cm³/mol. The highest BCUT2D eigenvalue weighted by Crippen LogP contribution is 2.28. The Labute approximate surface area is 214 Å². The van der Waals surface area contributed by atoms with Crippen molar-refractivity contribution in [2.24, 2.45) is 0 Å². The molecule has 1 atom stereocenters. The average molecular weight is 493 g/mol. The maximum Gasteiger partial charge on any atom is 0.308 e. The van der Waals surface area contributed by atoms with Crippen molar-refractivity contribution in [1.29, 1.82) is 5.26 Å². The Morgan fingerprint density at radius 1 is 1.17 bits per heavy atom. The van der Waals surface area contributed by atoms with Gasteiger partial charge in [-0.15, -0.1) is 0 Å². The van der Waals surface area contributed by atoms with Gasteiger partial charge in [-0.2, -0.15) is 5.26 Å². The second-order valence-corrected chi connectivity index (χ2v) is 9.95. The number of nitriles is 1. The Hall–Kier alpha value is -3.37. The molecule has 0 spiro atoms. The maximum atomic E-state index is 13.4. The largest absolute Gasteiger partial charge is 0.489 e. The molecular formula is C29H36N2O5. The van der Waals surface area contributed by atoms with Crippen LogP contribution in [-0.2, 0) is 27.3 Å². The molecule has 36 heavy (non-hydrogen) atoms. The lowest BCUT2D eigenvalue weighted by Gasteiger charge is -2.36. The van der Waals surface area contributed by atoms with Crippen molar-refractivity contribution < 1.29 is 23.8 Å². The Morgan fingerprint density at radius 3 is 2.58 bits per heavy atom. The van der Waals surface area contributed by atoms with Gasteiger partial charge in [-0.3, -0.25) is 9.59 Å². The van der Waals surface area contributed by atoms with Crippen LogP contribution in [0.4, 0.5) is 0 Å². The Kier molecular flexibility index (Phi) is 9.49. The number of nitrogens with zero attached hydrogens (tertiary/aromatic N) is 2. The van der Waals surface area contributed by atoms with Gasteiger partial charge in [-0.25, -0.2) is 0 Å². The van der Waals surface area contributed by atoms with Crippen molar-refractivity contribution in [3.05, 3.63) is 64.7 Å². The third kappa shape index (κ3) is 7.82. The van der Waals surface area contributed by atoms with Crippen LogP contribution in [0.2, 0.25) is 0 Å². The third-order valence-electron chi connectivity index (χ3n) is 5.97. The van der Waals surface area contributed by atoms with Crippen LogP contribution in [0, 0.1) is 11.3 Å². The van der Waals surface area contributed by atoms with Crippen LogP contribution < -0.4 is 4.74 Å². The summed E-state index contributed by atoms with van der Waals surface area (Å²) in [4.78, 5) is 27.9. The first-order valence-corrected chi connectivity index (χ1v) is 12.6. The van der Waals surface area contributed by atoms with Gasteiger partial charge >= 0.3 is 5.97 Å². The average Bonchev–Trinajstić information content (AvgIpc) is 2.84. The van der Waals surface area contributed by atoms with Gasteiger partial charge in [0.15, 0.2) is 0 Å². The van der Waals surface area contributed by atoms with Crippen LogP contribution in [-0.4, -0.2) is 48.2 Å². The van der Waals surface area contributed by atoms with Crippen molar-refractivity contribution >= 4 is 11.9 Å². The van der Waals surface area contributed by atoms with E-state index in [1.165, 1.54) is 0 Å². The molecule has 1 unspecified atom stereocenters. The summed E-state index contributed by atoms with van der Waals surface area (Å²) < 4.78 is 16.9. The SMILES string of the molecule is CCOCCCC(CC(=O)OC(C)(C)C)N1CCc2cc(OCc3ccc(C#N)cc3)ccc2C1=O. The molecule has 0 fully saturated rings. The van der Waals surface area contributed by atoms with E-state index in [4.69, 9.17) is 19.5 Å². The summed E-state index contributed by atoms with van der Waals surface area (Å²) in [6, 6.07) is 14.7. The minimum atomic E-state index is -0.570. The molecule has 7 nitrogen and oxygen atoms in total. The monoisotopic (exact) mass is 492 g/mol. The van der Waals surface area contributed by atoms with E-state index in [9.17, 15) is 9.59 Å². The molecule has 1 aliphatic heterocycles. The molecule has 1 aliphatic rings. The molecule has 0 bridgehead atoms. The highest BCUT2D eigenvalue weighted by molar-refractivity contribution is 5.97. The summed E-state index contributed by atoms with van der Waals surface area (Å²) >= 11 is 0. The number of ether oxygens (including phenoxy) is 3. The van der Waals surface area contributed by atoms with E-state index in [0.717, 1.165) is 17.5 Å². The minimum Gasteiger partial charge on any atom is -0.489 e. The lowest BCUT2D eigenvalue weighted by molar-refractivity contribution is -0.156. The standard InChI is InChI=1S/C29H36N2O5/c1-5-34-16-6-7-24(18-27(32)36-29(2,3)4)31-15-14-23-17-25(12-13-26(23)28(31)33)35-20-22-10-8-21(19-30)9-11-22/h8-13,17,24H,5-7,14-16,18,20H2,1-4H3. The fraction of sp³-hybridized carbons (Fsp3) is 0.483. The summed E-state index contributed by atoms with van der Waals surface area (Å²) in [5, 5.41) is 8.93. The molecule has 0 N–H and O–H groups in total. The van der Waals surface area contributed by atoms with E-state index in [2.05, 4.69) is 6.07 Å². The number of amides is 1. The fourth-order valence-corrected chi connectivity index (χ4v) is 4.27. The summed E-state index contributed by atoms with van der Waals surface area (Å²) in [6.07, 6.45) is 2.29. The molecule has 192 valence electrons. The number of hydrogen-bond donors (Lipinski definition) is 0. The van der Waals surface area contributed by atoms with Crippen molar-refractivity contribution in [3.8, 4) is 11.8 Å². The molecule has 7 heteroatoms. The molecule has 3 rings (SSSR count). The number of rotatable bonds is 11. The van der Waals surface area contributed by atoms with Gasteiger partial charge in [0.2, 0.25) is 0 Å². The van der Waals surface area contributed by atoms with Crippen molar-refractivity contribution in [2.75, 3.05) is 19.8 Å². The summed E-state index contributed by atoms with van der Waals surface area (Å²) in [6.45, 7) is 9.64. The van der Waals surface area contributed by atoms with Gasteiger partial charge in [-0.05, 0) is 88.4 Å². The summed E-state index contributed by atoms with van der Waals surface area (Å²) in [5.41, 5.74) is 2.59. The third-order valence-corrected chi connectivity index (χ3v) is 5.97. The molecule has 0 saturated carbocycles. The maximum absolute atomic E-state index is 13.4. The molecule has 0 aromatic heterocycles. The zero-order chi connectivity index (χ0) is 26.1. The molecular weight excluding hydrogens is 456 g/mol. The first kappa shape index (κ1) is 27.2. The van der Waals surface area contributed by atoms with E-state index in [0.29, 0.717) is 56.1 Å². The number of hydrogen-bond acceptors (Lipinski definition) is 6. The Morgan fingerprint density at radius 2 is 1.92 bits per heavy atom. The molecule has 0 aliphatic carbocycles. The molecule has 0 saturated heterocycles. The molecule has 1 amide bonds. The van der Waals surface area contributed by atoms with E-state index < -0.39 is 5.60 Å². The van der Waals surface area contributed by atoms with E-state index in [1.807, 2.05) is 62.9 Å². The highest BCUT2D eigenvalue weighted by atomic mass is 16.6. The first-order valence-electron chi connectivity index (χ1n) is 12.6. The van der Waals surface area contributed by atoms with Gasteiger partial charge in [0.05, 0.1) is 18.1 Å². The predicted octanol–water partition coefficient (Wildman–Crippen LogP) is 5.05. The number of carbonyl (C=O) groups is 2. The number of fused-ring (bicyclic) bond motifs is 1. The van der Waals surface area contributed by atoms with Crippen molar-refractivity contribution in [2.45, 2.75) is 71.6 Å². The zero-order valence-electron chi connectivity index (χ0n) is 21.7. The van der Waals surface area contributed by atoms with E-state index in [-0.39, 0.29) is 24.3 Å². The van der Waals surface area contributed by atoms with Gasteiger partial charge in [0, 0.05) is 31.4 Å². The first-order chi connectivity index (χ1) is 17.2. The van der Waals surface area contributed by atoms with E-state index in [1.54, 1.807) is 12.1 Å². The highest BCUT2D eigenvalue weighted by Gasteiger charge is 2.32. The number of esters is 1. The number of benzene rings is 2. The second-order valence-electron chi connectivity index (χ2n) is 9.95. The Balaban J connectivity index is 1.68. The lowest BCUT2D eigenvalue weighted by atomic mass is 9.95. The zero-order valence-corrected chi connectivity index (χ0v) is 21.7. The van der Waals surface area contributed by atoms with Gasteiger partial charge in [0.1, 0.15) is 18.0 Å². The van der Waals surface area contributed by atoms with Gasteiger partial charge in [0.25, 0.3) is 5.91 Å². The minimum absolute atomic E-state index is 0.0696. The lowest BCUT2D eigenvalue weighted by Crippen LogP contribution is -2.46. The summed E-state index contributed by atoms with van der Waals surface area (Å²) in [7, 11) is 0. The van der Waals surface area contributed by atoms with Gasteiger partial charge < -0.3 is 19.1 Å². The smallest absolute Gasteiger partial charge is 0.308 e. The van der Waals surface area contributed by atoms with Gasteiger partial charge in [-0.1, -0.05) is 12.1 Å². The van der Waals surface area contributed by atoms with Crippen LogP contribution in [0.3, 0.4) is 0 Å². The molecule has 2 aromatic carbocycles. The normalized spacial score (nSPS) is 14.1. The second kappa shape index (κ2) is 12.5. The van der Waals surface area contributed by atoms with Crippen molar-refractivity contribution in [1.82, 2.24) is 4.90 Å². The van der Waals surface area contributed by atoms with Crippen LogP contribution in [0.25, 0.3) is 0 Å². The quantitative estimate of drug-likeness (QED) is 0.322. The van der Waals surface area contributed by atoms with Crippen LogP contribution in [0.5, 0.6) is 5.75 Å². The fourth-order valence-electron chi connectivity index (χ4n) is 4.27. The van der Waals surface area contributed by atoms with Crippen LogP contribution in [0.1, 0.15) is 74.0 Å². The summed E-state index contributed by atoms with van der Waals surface area (Å²) in [5.74, 6) is 0.329. The molecule has 0 radical (unpaired) electrons. The molecule has 1 heterocycles.